The van der Waals surface area contributed by atoms with E-state index in [9.17, 15) is 13.2 Å². The molecule has 0 aliphatic rings. The number of hydrogen-bond donors (Lipinski definition) is 1. The minimum atomic E-state index is -4.39. The number of fused-ring (bicyclic) bond motifs is 1. The van der Waals surface area contributed by atoms with Crippen molar-refractivity contribution in [2.45, 2.75) is 18.0 Å². The Balaban J connectivity index is 1.97. The average Bonchev–Trinajstić information content (AvgIpc) is 2.97. The Bertz CT molecular complexity index is 877. The lowest BCUT2D eigenvalue weighted by atomic mass is 10.2. The minimum absolute atomic E-state index is 0.142. The number of pyridine rings is 1. The summed E-state index contributed by atoms with van der Waals surface area (Å²) in [6.45, 7) is 0.307. The van der Waals surface area contributed by atoms with Crippen molar-refractivity contribution in [3.05, 3.63) is 36.0 Å². The molecule has 3 rings (SSSR count). The highest BCUT2D eigenvalue weighted by atomic mass is 32.2. The second-order valence-electron chi connectivity index (χ2n) is 5.18. The van der Waals surface area contributed by atoms with Crippen molar-refractivity contribution in [2.75, 3.05) is 12.9 Å². The first-order valence-electron chi connectivity index (χ1n) is 7.06. The molecule has 4 nitrogen and oxygen atoms in total. The zero-order chi connectivity index (χ0) is 17.3. The second kappa shape index (κ2) is 6.35. The van der Waals surface area contributed by atoms with Crippen LogP contribution in [0.3, 0.4) is 0 Å². The van der Waals surface area contributed by atoms with E-state index in [0.717, 1.165) is 15.9 Å². The second-order valence-corrected chi connectivity index (χ2v) is 6.03. The normalized spacial score (nSPS) is 11.9. The highest BCUT2D eigenvalue weighted by Gasteiger charge is 2.28. The van der Waals surface area contributed by atoms with Crippen molar-refractivity contribution in [3.63, 3.8) is 0 Å². The van der Waals surface area contributed by atoms with Crippen LogP contribution in [0, 0.1) is 6.92 Å². The zero-order valence-corrected chi connectivity index (χ0v) is 13.8. The van der Waals surface area contributed by atoms with Gasteiger partial charge in [-0.05, 0) is 25.3 Å². The van der Waals surface area contributed by atoms with Gasteiger partial charge in [-0.2, -0.15) is 13.2 Å². The molecule has 0 aliphatic heterocycles. The maximum absolute atomic E-state index is 12.4. The number of nitrogens with one attached hydrogen (secondary N) is 1. The summed E-state index contributed by atoms with van der Waals surface area (Å²) >= 11 is 1.58. The fourth-order valence-electron chi connectivity index (χ4n) is 2.25. The molecule has 0 atom stereocenters. The van der Waals surface area contributed by atoms with Crippen molar-refractivity contribution in [1.29, 1.82) is 0 Å². The number of para-hydroxylation sites is 1. The third kappa shape index (κ3) is 3.48. The van der Waals surface area contributed by atoms with E-state index in [4.69, 9.17) is 4.74 Å². The standard InChI is InChI=1S/C16H14F3N3OS/c1-9-7-20-11(6-12(9)23-8-16(17,18)19)15-21-10-4-3-5-13(24-2)14(10)22-15/h3-7H,8H2,1-2H3,(H,21,22). The van der Waals surface area contributed by atoms with Crippen LogP contribution >= 0.6 is 11.8 Å². The van der Waals surface area contributed by atoms with Gasteiger partial charge in [0, 0.05) is 22.7 Å². The summed E-state index contributed by atoms with van der Waals surface area (Å²) in [4.78, 5) is 12.9. The van der Waals surface area contributed by atoms with Gasteiger partial charge in [-0.25, -0.2) is 4.98 Å². The van der Waals surface area contributed by atoms with Crippen LogP contribution in [0.25, 0.3) is 22.6 Å². The van der Waals surface area contributed by atoms with E-state index in [0.29, 0.717) is 17.1 Å². The monoisotopic (exact) mass is 353 g/mol. The summed E-state index contributed by atoms with van der Waals surface area (Å²) in [6, 6.07) is 7.20. The van der Waals surface area contributed by atoms with Gasteiger partial charge in [0.05, 0.1) is 11.0 Å². The molecular weight excluding hydrogens is 339 g/mol. The molecule has 1 aromatic carbocycles. The van der Waals surface area contributed by atoms with Crippen LogP contribution in [0.15, 0.2) is 35.4 Å². The van der Waals surface area contributed by atoms with Crippen LogP contribution in [0.5, 0.6) is 5.75 Å². The summed E-state index contributed by atoms with van der Waals surface area (Å²) in [5.41, 5.74) is 2.61. The number of halogens is 3. The lowest BCUT2D eigenvalue weighted by molar-refractivity contribution is -0.153. The Morgan fingerprint density at radius 3 is 2.79 bits per heavy atom. The number of aromatic nitrogens is 3. The predicted octanol–water partition coefficient (Wildman–Crippen LogP) is 4.60. The minimum Gasteiger partial charge on any atom is -0.484 e. The molecule has 0 unspecified atom stereocenters. The highest BCUT2D eigenvalue weighted by Crippen LogP contribution is 2.29. The summed E-state index contributed by atoms with van der Waals surface area (Å²) < 4.78 is 41.9. The summed E-state index contributed by atoms with van der Waals surface area (Å²) in [5.74, 6) is 0.631. The van der Waals surface area contributed by atoms with Crippen molar-refractivity contribution in [1.82, 2.24) is 15.0 Å². The van der Waals surface area contributed by atoms with Crippen LogP contribution in [0.4, 0.5) is 13.2 Å². The third-order valence-corrected chi connectivity index (χ3v) is 4.17. The number of nitrogens with zero attached hydrogens (tertiary/aromatic N) is 2. The maximum Gasteiger partial charge on any atom is 0.422 e. The smallest absolute Gasteiger partial charge is 0.422 e. The number of benzene rings is 1. The van der Waals surface area contributed by atoms with Crippen molar-refractivity contribution < 1.29 is 17.9 Å². The maximum atomic E-state index is 12.4. The molecule has 2 aromatic heterocycles. The van der Waals surface area contributed by atoms with E-state index < -0.39 is 12.8 Å². The molecular formula is C16H14F3N3OS. The van der Waals surface area contributed by atoms with Crippen LogP contribution < -0.4 is 4.74 Å². The van der Waals surface area contributed by atoms with E-state index in [1.807, 2.05) is 24.5 Å². The van der Waals surface area contributed by atoms with Gasteiger partial charge in [0.2, 0.25) is 0 Å². The van der Waals surface area contributed by atoms with Gasteiger partial charge in [0.15, 0.2) is 12.4 Å². The van der Waals surface area contributed by atoms with Crippen molar-refractivity contribution in [2.24, 2.45) is 0 Å². The molecule has 2 heterocycles. The summed E-state index contributed by atoms with van der Waals surface area (Å²) in [5, 5.41) is 0. The zero-order valence-electron chi connectivity index (χ0n) is 12.9. The van der Waals surface area contributed by atoms with Gasteiger partial charge in [0.1, 0.15) is 11.4 Å². The summed E-state index contributed by atoms with van der Waals surface area (Å²) in [7, 11) is 0. The van der Waals surface area contributed by atoms with Gasteiger partial charge in [0.25, 0.3) is 0 Å². The van der Waals surface area contributed by atoms with Gasteiger partial charge in [-0.3, -0.25) is 4.98 Å². The number of hydrogen-bond acceptors (Lipinski definition) is 4. The Kier molecular flexibility index (Phi) is 4.40. The molecule has 0 aliphatic carbocycles. The number of aryl methyl sites for hydroxylation is 1. The van der Waals surface area contributed by atoms with E-state index in [-0.39, 0.29) is 5.75 Å². The molecule has 24 heavy (non-hydrogen) atoms. The first kappa shape index (κ1) is 16.6. The quantitative estimate of drug-likeness (QED) is 0.697. The van der Waals surface area contributed by atoms with E-state index in [1.165, 1.54) is 12.3 Å². The molecule has 0 bridgehead atoms. The first-order valence-corrected chi connectivity index (χ1v) is 8.29. The first-order chi connectivity index (χ1) is 11.4. The number of thioether (sulfide) groups is 1. The van der Waals surface area contributed by atoms with Crippen LogP contribution in [-0.2, 0) is 0 Å². The summed E-state index contributed by atoms with van der Waals surface area (Å²) in [6.07, 6.45) is -0.950. The van der Waals surface area contributed by atoms with Crippen LogP contribution in [0.1, 0.15) is 5.56 Å². The Hall–Kier alpha value is -2.22. The van der Waals surface area contributed by atoms with E-state index >= 15 is 0 Å². The highest BCUT2D eigenvalue weighted by molar-refractivity contribution is 7.98. The molecule has 3 aromatic rings. The number of rotatable bonds is 4. The number of aromatic amines is 1. The van der Waals surface area contributed by atoms with Crippen molar-refractivity contribution >= 4 is 22.8 Å². The molecule has 0 amide bonds. The number of alkyl halides is 3. The molecule has 8 heteroatoms. The SMILES string of the molecule is CSc1cccc2nc(-c3cc(OCC(F)(F)F)c(C)cn3)[nH]c12. The Morgan fingerprint density at radius 2 is 2.08 bits per heavy atom. The van der Waals surface area contributed by atoms with E-state index in [2.05, 4.69) is 15.0 Å². The predicted molar refractivity (Wildman–Crippen MR) is 87.4 cm³/mol. The number of H-pyrrole nitrogens is 1. The van der Waals surface area contributed by atoms with Crippen LogP contribution in [-0.4, -0.2) is 34.0 Å². The molecule has 0 fully saturated rings. The lowest BCUT2D eigenvalue weighted by Crippen LogP contribution is -2.19. The van der Waals surface area contributed by atoms with Gasteiger partial charge in [-0.1, -0.05) is 6.07 Å². The largest absolute Gasteiger partial charge is 0.484 e. The third-order valence-electron chi connectivity index (χ3n) is 3.39. The Morgan fingerprint density at radius 1 is 1.29 bits per heavy atom. The molecule has 0 saturated carbocycles. The molecule has 126 valence electrons. The van der Waals surface area contributed by atoms with E-state index in [1.54, 1.807) is 18.7 Å². The van der Waals surface area contributed by atoms with Gasteiger partial charge >= 0.3 is 6.18 Å². The molecule has 0 spiro atoms. The van der Waals surface area contributed by atoms with Crippen molar-refractivity contribution in [3.8, 4) is 17.3 Å². The van der Waals surface area contributed by atoms with Gasteiger partial charge in [-0.15, -0.1) is 11.8 Å². The van der Waals surface area contributed by atoms with Gasteiger partial charge < -0.3 is 9.72 Å². The number of ether oxygens (including phenoxy) is 1. The molecule has 0 radical (unpaired) electrons. The van der Waals surface area contributed by atoms with Crippen LogP contribution in [0.2, 0.25) is 0 Å². The fraction of sp³-hybridized carbons (Fsp3) is 0.250. The fourth-order valence-corrected chi connectivity index (χ4v) is 2.82. The topological polar surface area (TPSA) is 50.8 Å². The number of imidazole rings is 1. The lowest BCUT2D eigenvalue weighted by Gasteiger charge is -2.11. The average molecular weight is 353 g/mol. The molecule has 0 saturated heterocycles. The molecule has 1 N–H and O–H groups in total. The Labute approximate surface area is 140 Å².